The number of aromatic nitrogens is 2. The molecule has 0 fully saturated rings. The van der Waals surface area contributed by atoms with Crippen molar-refractivity contribution in [2.24, 2.45) is 0 Å². The van der Waals surface area contributed by atoms with Crippen LogP contribution in [0.15, 0.2) is 29.4 Å². The second kappa shape index (κ2) is 5.34. The molecule has 0 saturated heterocycles. The summed E-state index contributed by atoms with van der Waals surface area (Å²) in [6, 6.07) is 7.62. The zero-order chi connectivity index (χ0) is 11.4. The van der Waals surface area contributed by atoms with Gasteiger partial charge in [0.1, 0.15) is 5.75 Å². The van der Waals surface area contributed by atoms with Crippen LogP contribution in [0.25, 0.3) is 11.0 Å². The van der Waals surface area contributed by atoms with E-state index in [-0.39, 0.29) is 6.61 Å². The molecule has 16 heavy (non-hydrogen) atoms. The Morgan fingerprint density at radius 2 is 2.12 bits per heavy atom. The van der Waals surface area contributed by atoms with E-state index in [1.165, 1.54) is 0 Å². The van der Waals surface area contributed by atoms with Crippen molar-refractivity contribution in [3.8, 4) is 0 Å². The molecule has 5 heteroatoms. The first-order valence-corrected chi connectivity index (χ1v) is 6.57. The van der Waals surface area contributed by atoms with Gasteiger partial charge in [-0.3, -0.25) is 4.98 Å². The van der Waals surface area contributed by atoms with Crippen LogP contribution in [0.1, 0.15) is 12.8 Å². The Balaban J connectivity index is 2.07. The van der Waals surface area contributed by atoms with Crippen LogP contribution in [-0.2, 0) is 11.2 Å². The molecule has 0 aliphatic heterocycles. The zero-order valence-corrected chi connectivity index (χ0v) is 9.67. The molecule has 4 nitrogen and oxygen atoms in total. The topological polar surface area (TPSA) is 72.0 Å². The fourth-order valence-electron chi connectivity index (χ4n) is 1.48. The lowest BCUT2D eigenvalue weighted by Crippen LogP contribution is -2.09. The van der Waals surface area contributed by atoms with Crippen LogP contribution in [0.2, 0.25) is 0 Å². The maximum atomic E-state index is 11.8. The summed E-state index contributed by atoms with van der Waals surface area (Å²) in [4.78, 5) is 7.32. The summed E-state index contributed by atoms with van der Waals surface area (Å²) in [6.45, 7) is 0.150. The lowest BCUT2D eigenvalue weighted by Gasteiger charge is -2.05. The van der Waals surface area contributed by atoms with E-state index in [1.54, 1.807) is 0 Å². The highest BCUT2D eigenvalue weighted by Gasteiger charge is 2.15. The maximum absolute atomic E-state index is 11.8. The number of aliphatic hydroxyl groups excluding tert-OH is 1. The highest BCUT2D eigenvalue weighted by Crippen LogP contribution is 2.15. The molecule has 0 aliphatic carbocycles. The molecule has 1 unspecified atom stereocenters. The molecule has 1 heterocycles. The van der Waals surface area contributed by atoms with Crippen LogP contribution in [0, 0.1) is 0 Å². The van der Waals surface area contributed by atoms with Gasteiger partial charge in [-0.05, 0) is 25.0 Å². The number of fused-ring (bicyclic) bond motifs is 1. The predicted octanol–water partition coefficient (Wildman–Crippen LogP) is 1.44. The number of hydrogen-bond acceptors (Lipinski definition) is 3. The number of benzene rings is 1. The third kappa shape index (κ3) is 2.55. The first-order chi connectivity index (χ1) is 7.81. The van der Waals surface area contributed by atoms with Crippen molar-refractivity contribution in [3.05, 3.63) is 24.3 Å². The SMILES string of the molecule is [O-][S+](CCCCO)c1nc2ccccc2[nH]1. The molecule has 2 N–H and O–H groups in total. The molecule has 0 spiro atoms. The molecule has 0 saturated carbocycles. The average Bonchev–Trinajstić information content (AvgIpc) is 2.73. The van der Waals surface area contributed by atoms with Gasteiger partial charge in [0, 0.05) is 17.8 Å². The second-order valence-corrected chi connectivity index (χ2v) is 5.03. The summed E-state index contributed by atoms with van der Waals surface area (Å²) in [6.07, 6.45) is 1.44. The number of rotatable bonds is 5. The van der Waals surface area contributed by atoms with Crippen LogP contribution in [0.3, 0.4) is 0 Å². The van der Waals surface area contributed by atoms with Gasteiger partial charge in [0.05, 0.1) is 11.0 Å². The van der Waals surface area contributed by atoms with Gasteiger partial charge >= 0.3 is 5.16 Å². The molecule has 2 rings (SSSR count). The lowest BCUT2D eigenvalue weighted by molar-refractivity contribution is 0.287. The summed E-state index contributed by atoms with van der Waals surface area (Å²) in [5, 5.41) is 9.17. The van der Waals surface area contributed by atoms with E-state index in [0.29, 0.717) is 17.3 Å². The second-order valence-electron chi connectivity index (χ2n) is 3.54. The summed E-state index contributed by atoms with van der Waals surface area (Å²) in [5.41, 5.74) is 1.75. The highest BCUT2D eigenvalue weighted by molar-refractivity contribution is 7.91. The van der Waals surface area contributed by atoms with E-state index in [9.17, 15) is 4.55 Å². The number of aromatic amines is 1. The number of aliphatic hydroxyl groups is 1. The fourth-order valence-corrected chi connectivity index (χ4v) is 2.56. The van der Waals surface area contributed by atoms with Gasteiger partial charge in [-0.1, -0.05) is 12.1 Å². The van der Waals surface area contributed by atoms with E-state index in [0.717, 1.165) is 17.5 Å². The van der Waals surface area contributed by atoms with Crippen LogP contribution in [0.4, 0.5) is 0 Å². The van der Waals surface area contributed by atoms with Gasteiger partial charge in [-0.25, -0.2) is 0 Å². The Kier molecular flexibility index (Phi) is 3.82. The highest BCUT2D eigenvalue weighted by atomic mass is 32.2. The Bertz CT molecular complexity index is 425. The van der Waals surface area contributed by atoms with Gasteiger partial charge in [-0.2, -0.15) is 4.98 Å². The van der Waals surface area contributed by atoms with Crippen LogP contribution >= 0.6 is 0 Å². The number of imidazole rings is 1. The van der Waals surface area contributed by atoms with Crippen molar-refractivity contribution in [2.75, 3.05) is 12.4 Å². The minimum atomic E-state index is -1.10. The molecule has 0 aliphatic rings. The van der Waals surface area contributed by atoms with Crippen molar-refractivity contribution in [1.29, 1.82) is 0 Å². The first kappa shape index (κ1) is 11.4. The Morgan fingerprint density at radius 3 is 2.88 bits per heavy atom. The smallest absolute Gasteiger partial charge is 0.321 e. The van der Waals surface area contributed by atoms with Crippen molar-refractivity contribution in [1.82, 2.24) is 9.97 Å². The van der Waals surface area contributed by atoms with Crippen LogP contribution < -0.4 is 0 Å². The van der Waals surface area contributed by atoms with Gasteiger partial charge < -0.3 is 9.66 Å². The number of nitrogens with one attached hydrogen (secondary N) is 1. The fraction of sp³-hybridized carbons (Fsp3) is 0.364. The molecule has 1 aromatic heterocycles. The summed E-state index contributed by atoms with van der Waals surface area (Å²) in [7, 11) is 0. The number of hydrogen-bond donors (Lipinski definition) is 2. The number of unbranched alkanes of at least 4 members (excludes halogenated alkanes) is 1. The van der Waals surface area contributed by atoms with Gasteiger partial charge in [0.15, 0.2) is 0 Å². The zero-order valence-electron chi connectivity index (χ0n) is 8.85. The van der Waals surface area contributed by atoms with E-state index in [1.807, 2.05) is 24.3 Å². The van der Waals surface area contributed by atoms with Crippen molar-refractivity contribution in [3.63, 3.8) is 0 Å². The number of nitrogens with zero attached hydrogens (tertiary/aromatic N) is 1. The van der Waals surface area contributed by atoms with Crippen LogP contribution in [-0.4, -0.2) is 32.0 Å². The van der Waals surface area contributed by atoms with E-state index < -0.39 is 11.2 Å². The molecule has 0 amide bonds. The Morgan fingerprint density at radius 1 is 1.31 bits per heavy atom. The molecule has 86 valence electrons. The predicted molar refractivity (Wildman–Crippen MR) is 63.7 cm³/mol. The lowest BCUT2D eigenvalue weighted by atomic mass is 10.3. The average molecular weight is 238 g/mol. The van der Waals surface area contributed by atoms with Crippen molar-refractivity contribution < 1.29 is 9.66 Å². The number of H-pyrrole nitrogens is 1. The molecule has 2 aromatic rings. The molecule has 1 atom stereocenters. The van der Waals surface area contributed by atoms with E-state index in [4.69, 9.17) is 5.11 Å². The summed E-state index contributed by atoms with van der Waals surface area (Å²) in [5.74, 6) is 0.542. The maximum Gasteiger partial charge on any atom is 0.321 e. The largest absolute Gasteiger partial charge is 0.609 e. The minimum absolute atomic E-state index is 0.150. The van der Waals surface area contributed by atoms with Gasteiger partial charge in [-0.15, -0.1) is 0 Å². The normalized spacial score (nSPS) is 13.1. The monoisotopic (exact) mass is 238 g/mol. The van der Waals surface area contributed by atoms with Crippen LogP contribution in [0.5, 0.6) is 0 Å². The van der Waals surface area contributed by atoms with Crippen molar-refractivity contribution in [2.45, 2.75) is 18.0 Å². The standard InChI is InChI=1S/C11H14N2O2S/c14-7-3-4-8-16(15)11-12-9-5-1-2-6-10(9)13-11/h1-2,5-6,14H,3-4,7-8H2,(H,12,13). The molecule has 0 bridgehead atoms. The van der Waals surface area contributed by atoms with E-state index >= 15 is 0 Å². The molecular formula is C11H14N2O2S. The quantitative estimate of drug-likeness (QED) is 0.611. The summed E-state index contributed by atoms with van der Waals surface area (Å²) >= 11 is -1.10. The van der Waals surface area contributed by atoms with Gasteiger partial charge in [0.25, 0.3) is 0 Å². The molecule has 0 radical (unpaired) electrons. The third-order valence-corrected chi connectivity index (χ3v) is 3.61. The number of para-hydroxylation sites is 2. The summed E-state index contributed by atoms with van der Waals surface area (Å²) < 4.78 is 11.8. The molecule has 1 aromatic carbocycles. The minimum Gasteiger partial charge on any atom is -0.609 e. The Hall–Kier alpha value is -1.04. The third-order valence-electron chi connectivity index (χ3n) is 2.32. The first-order valence-electron chi connectivity index (χ1n) is 5.25. The van der Waals surface area contributed by atoms with Crippen molar-refractivity contribution >= 4 is 22.2 Å². The van der Waals surface area contributed by atoms with E-state index in [2.05, 4.69) is 9.97 Å². The van der Waals surface area contributed by atoms with Gasteiger partial charge in [0.2, 0.25) is 0 Å². The molecular weight excluding hydrogens is 224 g/mol. The Labute approximate surface area is 96.9 Å².